The van der Waals surface area contributed by atoms with Gasteiger partial charge in [-0.1, -0.05) is 31.2 Å². The average molecular weight is 383 g/mol. The summed E-state index contributed by atoms with van der Waals surface area (Å²) in [5.74, 6) is 1.04. The molecule has 2 N–H and O–H groups in total. The summed E-state index contributed by atoms with van der Waals surface area (Å²) in [6, 6.07) is 13.5. The molecule has 1 aromatic heterocycles. The number of aromatic hydroxyl groups is 1. The number of hydrogen-bond acceptors (Lipinski definition) is 5. The molecule has 6 nitrogen and oxygen atoms in total. The van der Waals surface area contributed by atoms with E-state index in [-0.39, 0.29) is 24.5 Å². The fraction of sp³-hybridized carbons (Fsp3) is 0.318. The molecule has 0 bridgehead atoms. The number of rotatable bonds is 8. The number of aromatic nitrogens is 1. The number of aliphatic hydroxyl groups excluding tert-OH is 1. The summed E-state index contributed by atoms with van der Waals surface area (Å²) in [4.78, 5) is 12.8. The van der Waals surface area contributed by atoms with Crippen LogP contribution in [-0.4, -0.2) is 35.1 Å². The summed E-state index contributed by atoms with van der Waals surface area (Å²) in [7, 11) is 1.57. The van der Waals surface area contributed by atoms with Crippen molar-refractivity contribution in [3.05, 3.63) is 64.4 Å². The number of benzene rings is 2. The molecule has 0 saturated carbocycles. The highest BCUT2D eigenvalue weighted by Gasteiger charge is 2.21. The third kappa shape index (κ3) is 3.82. The van der Waals surface area contributed by atoms with Gasteiger partial charge in [-0.3, -0.25) is 9.36 Å². The molecule has 6 heteroatoms. The van der Waals surface area contributed by atoms with Crippen molar-refractivity contribution in [2.75, 3.05) is 20.3 Å². The summed E-state index contributed by atoms with van der Waals surface area (Å²) in [6.07, 6.45) is 1.11. The van der Waals surface area contributed by atoms with Crippen molar-refractivity contribution in [1.29, 1.82) is 0 Å². The molecule has 1 unspecified atom stereocenters. The molecule has 3 rings (SSSR count). The van der Waals surface area contributed by atoms with E-state index in [1.165, 1.54) is 10.6 Å². The van der Waals surface area contributed by atoms with E-state index >= 15 is 0 Å². The van der Waals surface area contributed by atoms with Crippen molar-refractivity contribution >= 4 is 10.8 Å². The highest BCUT2D eigenvalue weighted by atomic mass is 16.5. The van der Waals surface area contributed by atoms with Crippen LogP contribution >= 0.6 is 0 Å². The van der Waals surface area contributed by atoms with Crippen molar-refractivity contribution in [3.63, 3.8) is 0 Å². The Labute approximate surface area is 163 Å². The second-order valence-corrected chi connectivity index (χ2v) is 6.55. The van der Waals surface area contributed by atoms with Gasteiger partial charge in [0, 0.05) is 18.1 Å². The van der Waals surface area contributed by atoms with Gasteiger partial charge < -0.3 is 19.7 Å². The van der Waals surface area contributed by atoms with E-state index in [4.69, 9.17) is 9.47 Å². The van der Waals surface area contributed by atoms with Gasteiger partial charge in [0.25, 0.3) is 5.56 Å². The Kier molecular flexibility index (Phi) is 6.21. The first kappa shape index (κ1) is 19.8. The molecule has 0 radical (unpaired) electrons. The fourth-order valence-electron chi connectivity index (χ4n) is 3.36. The van der Waals surface area contributed by atoms with Gasteiger partial charge in [-0.05, 0) is 42.0 Å². The molecule has 1 atom stereocenters. The molecule has 3 aromatic rings. The number of pyridine rings is 1. The van der Waals surface area contributed by atoms with Crippen LogP contribution in [0.2, 0.25) is 0 Å². The van der Waals surface area contributed by atoms with E-state index < -0.39 is 6.04 Å². The van der Waals surface area contributed by atoms with Crippen LogP contribution in [-0.2, 0) is 0 Å². The predicted molar refractivity (Wildman–Crippen MR) is 108 cm³/mol. The summed E-state index contributed by atoms with van der Waals surface area (Å²) >= 11 is 0. The Morgan fingerprint density at radius 2 is 1.89 bits per heavy atom. The number of aliphatic hydroxyl groups is 1. The van der Waals surface area contributed by atoms with Crippen LogP contribution in [0, 0.1) is 0 Å². The van der Waals surface area contributed by atoms with Crippen molar-refractivity contribution < 1.29 is 19.7 Å². The SMILES string of the molecule is CCCOc1cc(C(CCO)n2c(O)c3ccccc3cc2=O)ccc1OC. The summed E-state index contributed by atoms with van der Waals surface area (Å²) in [6.45, 7) is 2.41. The molecule has 148 valence electrons. The fourth-order valence-corrected chi connectivity index (χ4v) is 3.36. The van der Waals surface area contributed by atoms with E-state index in [1.807, 2.05) is 25.1 Å². The minimum Gasteiger partial charge on any atom is -0.494 e. The first-order valence-electron chi connectivity index (χ1n) is 9.35. The lowest BCUT2D eigenvalue weighted by Crippen LogP contribution is -2.26. The van der Waals surface area contributed by atoms with Gasteiger partial charge in [0.05, 0.1) is 19.8 Å². The first-order valence-corrected chi connectivity index (χ1v) is 9.35. The number of ether oxygens (including phenoxy) is 2. The van der Waals surface area contributed by atoms with E-state index in [9.17, 15) is 15.0 Å². The van der Waals surface area contributed by atoms with Crippen LogP contribution in [0.3, 0.4) is 0 Å². The van der Waals surface area contributed by atoms with Gasteiger partial charge in [0.1, 0.15) is 0 Å². The third-order valence-electron chi connectivity index (χ3n) is 4.69. The van der Waals surface area contributed by atoms with Gasteiger partial charge in [0.2, 0.25) is 5.88 Å². The highest BCUT2D eigenvalue weighted by Crippen LogP contribution is 2.35. The number of nitrogens with zero attached hydrogens (tertiary/aromatic N) is 1. The Hall–Kier alpha value is -2.99. The molecular formula is C22H25NO5. The Bertz CT molecular complexity index is 1010. The first-order chi connectivity index (χ1) is 13.6. The molecule has 0 aliphatic heterocycles. The number of hydrogen-bond donors (Lipinski definition) is 2. The lowest BCUT2D eigenvalue weighted by Gasteiger charge is -2.23. The molecule has 0 fully saturated rings. The maximum absolute atomic E-state index is 12.8. The van der Waals surface area contributed by atoms with Crippen LogP contribution < -0.4 is 15.0 Å². The largest absolute Gasteiger partial charge is 0.494 e. The quantitative estimate of drug-likeness (QED) is 0.622. The van der Waals surface area contributed by atoms with E-state index in [0.717, 1.165) is 12.0 Å². The van der Waals surface area contributed by atoms with Crippen molar-refractivity contribution in [1.82, 2.24) is 4.57 Å². The van der Waals surface area contributed by atoms with E-state index in [1.54, 1.807) is 31.4 Å². The van der Waals surface area contributed by atoms with Crippen molar-refractivity contribution in [2.45, 2.75) is 25.8 Å². The topological polar surface area (TPSA) is 80.9 Å². The third-order valence-corrected chi connectivity index (χ3v) is 4.69. The smallest absolute Gasteiger partial charge is 0.254 e. The Morgan fingerprint density at radius 1 is 1.11 bits per heavy atom. The second kappa shape index (κ2) is 8.80. The van der Waals surface area contributed by atoms with Gasteiger partial charge in [-0.2, -0.15) is 0 Å². The molecule has 0 amide bonds. The lowest BCUT2D eigenvalue weighted by atomic mass is 10.0. The Balaban J connectivity index is 2.15. The molecule has 0 aliphatic rings. The maximum Gasteiger partial charge on any atom is 0.254 e. The minimum absolute atomic E-state index is 0.117. The highest BCUT2D eigenvalue weighted by molar-refractivity contribution is 5.86. The standard InChI is InChI=1S/C22H25NO5/c1-3-12-28-20-13-16(8-9-19(20)27-2)18(10-11-24)23-21(25)14-15-6-4-5-7-17(15)22(23)26/h4-9,13-14,18,24,26H,3,10-12H2,1-2H3. The van der Waals surface area contributed by atoms with Crippen LogP contribution in [0.25, 0.3) is 10.8 Å². The number of fused-ring (bicyclic) bond motifs is 1. The molecule has 28 heavy (non-hydrogen) atoms. The van der Waals surface area contributed by atoms with E-state index in [0.29, 0.717) is 28.9 Å². The van der Waals surface area contributed by atoms with Crippen LogP contribution in [0.5, 0.6) is 17.4 Å². The van der Waals surface area contributed by atoms with Gasteiger partial charge in [0.15, 0.2) is 11.5 Å². The predicted octanol–water partition coefficient (Wildman–Crippen LogP) is 3.48. The zero-order valence-corrected chi connectivity index (χ0v) is 16.1. The minimum atomic E-state index is -0.544. The maximum atomic E-state index is 12.8. The molecule has 2 aromatic carbocycles. The molecule has 0 saturated heterocycles. The van der Waals surface area contributed by atoms with Crippen LogP contribution in [0.1, 0.15) is 31.4 Å². The summed E-state index contributed by atoms with van der Waals surface area (Å²) < 4.78 is 12.5. The monoisotopic (exact) mass is 383 g/mol. The van der Waals surface area contributed by atoms with Gasteiger partial charge >= 0.3 is 0 Å². The van der Waals surface area contributed by atoms with Crippen molar-refractivity contribution in [3.8, 4) is 17.4 Å². The second-order valence-electron chi connectivity index (χ2n) is 6.55. The zero-order valence-electron chi connectivity index (χ0n) is 16.1. The lowest BCUT2D eigenvalue weighted by molar-refractivity contribution is 0.259. The molecule has 0 aliphatic carbocycles. The molecule has 1 heterocycles. The van der Waals surface area contributed by atoms with Gasteiger partial charge in [-0.25, -0.2) is 0 Å². The van der Waals surface area contributed by atoms with E-state index in [2.05, 4.69) is 0 Å². The van der Waals surface area contributed by atoms with Crippen LogP contribution in [0.15, 0.2) is 53.3 Å². The van der Waals surface area contributed by atoms with Crippen molar-refractivity contribution in [2.24, 2.45) is 0 Å². The summed E-state index contributed by atoms with van der Waals surface area (Å²) in [5, 5.41) is 21.7. The molecule has 0 spiro atoms. The Morgan fingerprint density at radius 3 is 2.61 bits per heavy atom. The van der Waals surface area contributed by atoms with Gasteiger partial charge in [-0.15, -0.1) is 0 Å². The number of methoxy groups -OCH3 is 1. The summed E-state index contributed by atoms with van der Waals surface area (Å²) in [5.41, 5.74) is 0.412. The zero-order chi connectivity index (χ0) is 20.1. The molecular weight excluding hydrogens is 358 g/mol. The normalized spacial score (nSPS) is 12.1. The average Bonchev–Trinajstić information content (AvgIpc) is 2.71. The van der Waals surface area contributed by atoms with Crippen LogP contribution in [0.4, 0.5) is 0 Å².